The van der Waals surface area contributed by atoms with E-state index in [1.54, 1.807) is 0 Å². The van der Waals surface area contributed by atoms with Crippen molar-refractivity contribution in [1.82, 2.24) is 0 Å². The number of esters is 1. The van der Waals surface area contributed by atoms with Crippen molar-refractivity contribution >= 4 is 5.97 Å². The van der Waals surface area contributed by atoms with Crippen LogP contribution in [-0.2, 0) is 9.53 Å². The SMILES string of the molecule is CCCCCCCCCCCCCCCCCCCCCC(=O)OCCCCCC(C)C. The summed E-state index contributed by atoms with van der Waals surface area (Å²) >= 11 is 0. The van der Waals surface area contributed by atoms with Gasteiger partial charge in [-0.25, -0.2) is 0 Å². The number of hydrogen-bond donors (Lipinski definition) is 0. The van der Waals surface area contributed by atoms with Crippen molar-refractivity contribution in [2.75, 3.05) is 6.61 Å². The Labute approximate surface area is 203 Å². The molecular weight excluding hydrogens is 392 g/mol. The first-order valence-electron chi connectivity index (χ1n) is 14.8. The first-order valence-corrected chi connectivity index (χ1v) is 14.8. The third kappa shape index (κ3) is 27.5. The van der Waals surface area contributed by atoms with Crippen LogP contribution in [0.1, 0.15) is 175 Å². The van der Waals surface area contributed by atoms with Gasteiger partial charge in [-0.1, -0.05) is 156 Å². The van der Waals surface area contributed by atoms with Crippen LogP contribution in [0.4, 0.5) is 0 Å². The van der Waals surface area contributed by atoms with Crippen molar-refractivity contribution < 1.29 is 9.53 Å². The minimum absolute atomic E-state index is 0.0147. The first-order chi connectivity index (χ1) is 15.7. The summed E-state index contributed by atoms with van der Waals surface area (Å²) in [5, 5.41) is 0. The zero-order valence-electron chi connectivity index (χ0n) is 22.6. The molecule has 0 rings (SSSR count). The second-order valence-electron chi connectivity index (χ2n) is 10.6. The molecule has 32 heavy (non-hydrogen) atoms. The Bertz CT molecular complexity index is 364. The fourth-order valence-corrected chi connectivity index (χ4v) is 4.44. The molecule has 0 aromatic carbocycles. The van der Waals surface area contributed by atoms with E-state index in [2.05, 4.69) is 20.8 Å². The smallest absolute Gasteiger partial charge is 0.305 e. The third-order valence-corrected chi connectivity index (χ3v) is 6.67. The van der Waals surface area contributed by atoms with Crippen molar-refractivity contribution in [3.63, 3.8) is 0 Å². The van der Waals surface area contributed by atoms with E-state index in [0.717, 1.165) is 18.8 Å². The number of rotatable bonds is 26. The van der Waals surface area contributed by atoms with Crippen LogP contribution in [0.25, 0.3) is 0 Å². The number of unbranched alkanes of at least 4 members (excludes halogenated alkanes) is 20. The Morgan fingerprint density at radius 3 is 1.31 bits per heavy atom. The fraction of sp³-hybridized carbons (Fsp3) is 0.967. The van der Waals surface area contributed by atoms with Crippen molar-refractivity contribution in [2.45, 2.75) is 175 Å². The maximum Gasteiger partial charge on any atom is 0.305 e. The standard InChI is InChI=1S/C30H60O2/c1-4-5-6-7-8-9-10-11-12-13-14-15-16-17-18-19-20-21-24-27-30(31)32-28-25-22-23-26-29(2)3/h29H,4-28H2,1-3H3. The Morgan fingerprint density at radius 1 is 0.531 bits per heavy atom. The molecule has 2 heteroatoms. The second kappa shape index (κ2) is 26.7. The molecule has 0 spiro atoms. The van der Waals surface area contributed by atoms with E-state index in [1.165, 1.54) is 135 Å². The number of ether oxygens (including phenoxy) is 1. The Hall–Kier alpha value is -0.530. The molecule has 0 N–H and O–H groups in total. The lowest BCUT2D eigenvalue weighted by atomic mass is 10.0. The monoisotopic (exact) mass is 452 g/mol. The van der Waals surface area contributed by atoms with Gasteiger partial charge >= 0.3 is 5.97 Å². The summed E-state index contributed by atoms with van der Waals surface area (Å²) in [5.41, 5.74) is 0. The molecule has 0 unspecified atom stereocenters. The minimum Gasteiger partial charge on any atom is -0.466 e. The molecule has 0 amide bonds. The minimum atomic E-state index is 0.0147. The van der Waals surface area contributed by atoms with Crippen LogP contribution in [0, 0.1) is 5.92 Å². The van der Waals surface area contributed by atoms with Gasteiger partial charge in [0.2, 0.25) is 0 Å². The summed E-state index contributed by atoms with van der Waals surface area (Å²) in [7, 11) is 0. The summed E-state index contributed by atoms with van der Waals surface area (Å²) in [6.45, 7) is 7.44. The second-order valence-corrected chi connectivity index (χ2v) is 10.6. The Kier molecular flexibility index (Phi) is 26.3. The largest absolute Gasteiger partial charge is 0.466 e. The molecule has 0 saturated carbocycles. The molecule has 0 radical (unpaired) electrons. The van der Waals surface area contributed by atoms with Crippen molar-refractivity contribution in [3.05, 3.63) is 0 Å². The summed E-state index contributed by atoms with van der Waals surface area (Å²) in [5.74, 6) is 0.799. The maximum absolute atomic E-state index is 11.7. The predicted molar refractivity (Wildman–Crippen MR) is 142 cm³/mol. The molecule has 0 aromatic rings. The average Bonchev–Trinajstić information content (AvgIpc) is 2.77. The predicted octanol–water partition coefficient (Wildman–Crippen LogP) is 10.6. The van der Waals surface area contributed by atoms with E-state index < -0.39 is 0 Å². The lowest BCUT2D eigenvalue weighted by Crippen LogP contribution is -2.05. The van der Waals surface area contributed by atoms with Crippen molar-refractivity contribution in [3.8, 4) is 0 Å². The maximum atomic E-state index is 11.7. The lowest BCUT2D eigenvalue weighted by Gasteiger charge is -2.06. The van der Waals surface area contributed by atoms with E-state index in [4.69, 9.17) is 4.74 Å². The van der Waals surface area contributed by atoms with E-state index in [-0.39, 0.29) is 5.97 Å². The summed E-state index contributed by atoms with van der Waals surface area (Å²) in [4.78, 5) is 11.7. The van der Waals surface area contributed by atoms with E-state index >= 15 is 0 Å². The molecule has 0 heterocycles. The van der Waals surface area contributed by atoms with Gasteiger partial charge in [-0.2, -0.15) is 0 Å². The molecule has 0 aromatic heterocycles. The number of carbonyl (C=O) groups excluding carboxylic acids is 1. The highest BCUT2D eigenvalue weighted by Crippen LogP contribution is 2.15. The zero-order chi connectivity index (χ0) is 23.5. The van der Waals surface area contributed by atoms with Crippen LogP contribution < -0.4 is 0 Å². The van der Waals surface area contributed by atoms with Gasteiger partial charge in [0, 0.05) is 6.42 Å². The quantitative estimate of drug-likeness (QED) is 0.0963. The van der Waals surface area contributed by atoms with E-state index in [9.17, 15) is 4.79 Å². The highest BCUT2D eigenvalue weighted by Gasteiger charge is 2.03. The van der Waals surface area contributed by atoms with Crippen LogP contribution >= 0.6 is 0 Å². The van der Waals surface area contributed by atoms with Gasteiger partial charge in [-0.15, -0.1) is 0 Å². The zero-order valence-corrected chi connectivity index (χ0v) is 22.6. The molecular formula is C30H60O2. The molecule has 0 bridgehead atoms. The number of carbonyl (C=O) groups is 1. The fourth-order valence-electron chi connectivity index (χ4n) is 4.44. The molecule has 0 aliphatic carbocycles. The molecule has 0 fully saturated rings. The lowest BCUT2D eigenvalue weighted by molar-refractivity contribution is -0.143. The van der Waals surface area contributed by atoms with Gasteiger partial charge in [0.25, 0.3) is 0 Å². The van der Waals surface area contributed by atoms with Crippen molar-refractivity contribution in [2.24, 2.45) is 5.92 Å². The van der Waals surface area contributed by atoms with Gasteiger partial charge < -0.3 is 4.74 Å². The van der Waals surface area contributed by atoms with Crippen LogP contribution in [0.5, 0.6) is 0 Å². The van der Waals surface area contributed by atoms with Gasteiger partial charge in [-0.3, -0.25) is 4.79 Å². The van der Waals surface area contributed by atoms with Gasteiger partial charge in [0.1, 0.15) is 0 Å². The van der Waals surface area contributed by atoms with Crippen LogP contribution in [0.15, 0.2) is 0 Å². The molecule has 0 aliphatic heterocycles. The third-order valence-electron chi connectivity index (χ3n) is 6.67. The highest BCUT2D eigenvalue weighted by molar-refractivity contribution is 5.69. The summed E-state index contributed by atoms with van der Waals surface area (Å²) in [6.07, 6.45) is 31.7. The Morgan fingerprint density at radius 2 is 0.906 bits per heavy atom. The molecule has 0 saturated heterocycles. The van der Waals surface area contributed by atoms with E-state index in [0.29, 0.717) is 13.0 Å². The Balaban J connectivity index is 3.12. The van der Waals surface area contributed by atoms with Crippen LogP contribution in [0.2, 0.25) is 0 Å². The van der Waals surface area contributed by atoms with Crippen LogP contribution in [0.3, 0.4) is 0 Å². The molecule has 0 aliphatic rings. The topological polar surface area (TPSA) is 26.3 Å². The van der Waals surface area contributed by atoms with E-state index in [1.807, 2.05) is 0 Å². The van der Waals surface area contributed by atoms with Gasteiger partial charge in [0.05, 0.1) is 6.61 Å². The first kappa shape index (κ1) is 31.5. The van der Waals surface area contributed by atoms with Gasteiger partial charge in [-0.05, 0) is 18.8 Å². The van der Waals surface area contributed by atoms with Gasteiger partial charge in [0.15, 0.2) is 0 Å². The molecule has 2 nitrogen and oxygen atoms in total. The molecule has 192 valence electrons. The number of hydrogen-bond acceptors (Lipinski definition) is 2. The normalized spacial score (nSPS) is 11.4. The van der Waals surface area contributed by atoms with Crippen molar-refractivity contribution in [1.29, 1.82) is 0 Å². The molecule has 0 atom stereocenters. The van der Waals surface area contributed by atoms with Crippen LogP contribution in [-0.4, -0.2) is 12.6 Å². The average molecular weight is 453 g/mol. The summed E-state index contributed by atoms with van der Waals surface area (Å²) < 4.78 is 5.35. The highest BCUT2D eigenvalue weighted by atomic mass is 16.5. The summed E-state index contributed by atoms with van der Waals surface area (Å²) in [6, 6.07) is 0.